The van der Waals surface area contributed by atoms with Crippen molar-refractivity contribution in [2.24, 2.45) is 0 Å². The van der Waals surface area contributed by atoms with E-state index in [0.29, 0.717) is 45.8 Å². The first-order valence-corrected chi connectivity index (χ1v) is 12.7. The number of hydrogen-bond acceptors (Lipinski definition) is 7. The maximum atomic E-state index is 12.7. The number of H-pyrrole nitrogens is 1. The van der Waals surface area contributed by atoms with Crippen molar-refractivity contribution < 1.29 is 9.47 Å². The highest BCUT2D eigenvalue weighted by molar-refractivity contribution is 7.14. The Labute approximate surface area is 204 Å². The summed E-state index contributed by atoms with van der Waals surface area (Å²) in [5, 5.41) is 6.94. The molecule has 3 aromatic rings. The fourth-order valence-corrected chi connectivity index (χ4v) is 4.83. The maximum Gasteiger partial charge on any atom is 0.190 e. The van der Waals surface area contributed by atoms with Gasteiger partial charge >= 0.3 is 0 Å². The molecular weight excluding hydrogens is 460 g/mol. The van der Waals surface area contributed by atoms with Gasteiger partial charge < -0.3 is 19.8 Å². The summed E-state index contributed by atoms with van der Waals surface area (Å²) in [7, 11) is 1.75. The van der Waals surface area contributed by atoms with Crippen LogP contribution in [0.5, 0.6) is 5.75 Å². The molecule has 7 nitrogen and oxygen atoms in total. The van der Waals surface area contributed by atoms with Crippen molar-refractivity contribution in [1.82, 2.24) is 14.9 Å². The highest BCUT2D eigenvalue weighted by atomic mass is 35.5. The maximum absolute atomic E-state index is 12.7. The van der Waals surface area contributed by atoms with E-state index in [2.05, 4.69) is 34.0 Å². The van der Waals surface area contributed by atoms with Gasteiger partial charge in [-0.05, 0) is 32.4 Å². The van der Waals surface area contributed by atoms with Crippen LogP contribution in [0, 0.1) is 0 Å². The number of pyridine rings is 1. The summed E-state index contributed by atoms with van der Waals surface area (Å²) in [6.45, 7) is 11.4. The van der Waals surface area contributed by atoms with Crippen LogP contribution >= 0.6 is 22.9 Å². The molecule has 3 heterocycles. The van der Waals surface area contributed by atoms with Crippen LogP contribution in [-0.2, 0) is 4.74 Å². The number of hydrogen-bond donors (Lipinski definition) is 2. The highest BCUT2D eigenvalue weighted by Crippen LogP contribution is 2.32. The summed E-state index contributed by atoms with van der Waals surface area (Å²) >= 11 is 8.13. The first-order chi connectivity index (χ1) is 15.9. The van der Waals surface area contributed by atoms with E-state index in [1.165, 1.54) is 11.3 Å². The van der Waals surface area contributed by atoms with E-state index in [9.17, 15) is 4.79 Å². The average molecular weight is 493 g/mol. The molecule has 4 rings (SSSR count). The monoisotopic (exact) mass is 492 g/mol. The van der Waals surface area contributed by atoms with Gasteiger partial charge in [0.25, 0.3) is 0 Å². The number of nitrogens with zero attached hydrogens (tertiary/aromatic N) is 2. The molecule has 180 valence electrons. The van der Waals surface area contributed by atoms with E-state index in [0.717, 1.165) is 31.2 Å². The lowest BCUT2D eigenvalue weighted by molar-refractivity contribution is 0.106. The summed E-state index contributed by atoms with van der Waals surface area (Å²) in [6.07, 6.45) is 1.34. The number of benzene rings is 1. The van der Waals surface area contributed by atoms with Crippen LogP contribution in [0.15, 0.2) is 28.4 Å². The quantitative estimate of drug-likeness (QED) is 0.447. The molecule has 1 fully saturated rings. The van der Waals surface area contributed by atoms with E-state index in [-0.39, 0.29) is 11.5 Å². The summed E-state index contributed by atoms with van der Waals surface area (Å²) in [4.78, 5) is 22.9. The number of aromatic nitrogens is 2. The molecule has 1 saturated heterocycles. The van der Waals surface area contributed by atoms with E-state index in [1.807, 2.05) is 19.2 Å². The molecule has 0 unspecified atom stereocenters. The Morgan fingerprint density at radius 3 is 2.85 bits per heavy atom. The van der Waals surface area contributed by atoms with Gasteiger partial charge in [-0.15, -0.1) is 11.3 Å². The van der Waals surface area contributed by atoms with E-state index in [1.54, 1.807) is 25.3 Å². The fourth-order valence-electron chi connectivity index (χ4n) is 3.70. The Kier molecular flexibility index (Phi) is 9.14. The lowest BCUT2D eigenvalue weighted by atomic mass is 10.1. The van der Waals surface area contributed by atoms with Crippen molar-refractivity contribution in [2.45, 2.75) is 46.3 Å². The van der Waals surface area contributed by atoms with Crippen molar-refractivity contribution in [3.8, 4) is 17.1 Å². The Hall–Kier alpha value is -2.13. The number of aromatic amines is 1. The predicted molar refractivity (Wildman–Crippen MR) is 138 cm³/mol. The Bertz CT molecular complexity index is 1110. The summed E-state index contributed by atoms with van der Waals surface area (Å²) in [5.41, 5.74) is 1.79. The van der Waals surface area contributed by atoms with Crippen molar-refractivity contribution in [1.29, 1.82) is 0 Å². The molecule has 0 spiro atoms. The minimum atomic E-state index is -0.105. The van der Waals surface area contributed by atoms with Gasteiger partial charge in [-0.1, -0.05) is 25.4 Å². The largest absolute Gasteiger partial charge is 0.491 e. The molecule has 0 saturated carbocycles. The molecule has 1 aliphatic rings. The third-order valence-electron chi connectivity index (χ3n) is 5.33. The van der Waals surface area contributed by atoms with Crippen LogP contribution in [-0.4, -0.2) is 60.4 Å². The molecule has 1 aliphatic heterocycles. The number of ether oxygens (including phenoxy) is 2. The molecule has 9 heteroatoms. The van der Waals surface area contributed by atoms with Gasteiger partial charge in [0.2, 0.25) is 0 Å². The zero-order valence-corrected chi connectivity index (χ0v) is 21.5. The first kappa shape index (κ1) is 25.5. The number of methoxy groups -OCH3 is 1. The van der Waals surface area contributed by atoms with E-state index in [4.69, 9.17) is 21.1 Å². The van der Waals surface area contributed by atoms with Gasteiger partial charge in [0.1, 0.15) is 17.4 Å². The minimum Gasteiger partial charge on any atom is -0.491 e. The average Bonchev–Trinajstić information content (AvgIpc) is 3.46. The van der Waals surface area contributed by atoms with Crippen LogP contribution < -0.4 is 15.5 Å². The molecule has 33 heavy (non-hydrogen) atoms. The van der Waals surface area contributed by atoms with Gasteiger partial charge in [0.05, 0.1) is 23.0 Å². The second kappa shape index (κ2) is 11.8. The van der Waals surface area contributed by atoms with Crippen molar-refractivity contribution >= 4 is 39.0 Å². The number of anilines is 1. The topological polar surface area (TPSA) is 79.5 Å². The van der Waals surface area contributed by atoms with Crippen LogP contribution in [0.4, 0.5) is 5.13 Å². The number of rotatable bonds is 8. The predicted octanol–water partition coefficient (Wildman–Crippen LogP) is 5.25. The molecule has 2 N–H and O–H groups in total. The standard InChI is InChI=1S/C22H27ClN4O3S.C2H6/c1-13(2)24-22-26-17(12-31-22)16-10-18(28)15-4-5-19(20(23)21(15)25-16)30-9-8-27-7-6-14(11-27)29-3;1-2/h4-5,10,12-14H,6-9,11H2,1-3H3,(H,24,26)(H,25,28);1-2H3/t14-;/m1./s1. The van der Waals surface area contributed by atoms with Gasteiger partial charge in [-0.3, -0.25) is 9.69 Å². The fraction of sp³-hybridized carbons (Fsp3) is 0.500. The molecule has 0 radical (unpaired) electrons. The normalized spacial score (nSPS) is 16.2. The number of likely N-dealkylation sites (tertiary alicyclic amines) is 1. The van der Waals surface area contributed by atoms with Crippen molar-refractivity contribution in [3.05, 3.63) is 38.8 Å². The zero-order chi connectivity index (χ0) is 24.0. The lowest BCUT2D eigenvalue weighted by Gasteiger charge is -2.16. The smallest absolute Gasteiger partial charge is 0.190 e. The minimum absolute atomic E-state index is 0.105. The highest BCUT2D eigenvalue weighted by Gasteiger charge is 2.21. The molecule has 0 bridgehead atoms. The van der Waals surface area contributed by atoms with E-state index >= 15 is 0 Å². The van der Waals surface area contributed by atoms with Gasteiger partial charge in [0, 0.05) is 49.6 Å². The van der Waals surface area contributed by atoms with E-state index < -0.39 is 0 Å². The van der Waals surface area contributed by atoms with Crippen molar-refractivity contribution in [3.63, 3.8) is 0 Å². The summed E-state index contributed by atoms with van der Waals surface area (Å²) in [6, 6.07) is 5.36. The number of halogens is 1. The molecule has 2 aromatic heterocycles. The van der Waals surface area contributed by atoms with Crippen LogP contribution in [0.1, 0.15) is 34.1 Å². The molecule has 1 aromatic carbocycles. The SMILES string of the molecule is CC.CO[C@@H]1CCN(CCOc2ccc3c(=O)cc(-c4csc(NC(C)C)n4)[nH]c3c2Cl)C1. The number of nitrogens with one attached hydrogen (secondary N) is 2. The third-order valence-corrected chi connectivity index (χ3v) is 6.48. The number of thiazole rings is 1. The molecular formula is C24H33ClN4O3S. The van der Waals surface area contributed by atoms with Crippen LogP contribution in [0.25, 0.3) is 22.3 Å². The van der Waals surface area contributed by atoms with Gasteiger partial charge in [-0.25, -0.2) is 4.98 Å². The van der Waals surface area contributed by atoms with Crippen LogP contribution in [0.3, 0.4) is 0 Å². The van der Waals surface area contributed by atoms with Gasteiger partial charge in [-0.2, -0.15) is 0 Å². The van der Waals surface area contributed by atoms with Crippen LogP contribution in [0.2, 0.25) is 5.02 Å². The Balaban J connectivity index is 0.00000149. The lowest BCUT2D eigenvalue weighted by Crippen LogP contribution is -2.27. The summed E-state index contributed by atoms with van der Waals surface area (Å²) in [5.74, 6) is 0.560. The second-order valence-corrected chi connectivity index (χ2v) is 9.22. The Morgan fingerprint density at radius 1 is 1.36 bits per heavy atom. The third kappa shape index (κ3) is 6.26. The van der Waals surface area contributed by atoms with Crippen molar-refractivity contribution in [2.75, 3.05) is 38.7 Å². The first-order valence-electron chi connectivity index (χ1n) is 11.4. The molecule has 0 amide bonds. The Morgan fingerprint density at radius 2 is 2.15 bits per heavy atom. The molecule has 1 atom stereocenters. The molecule has 0 aliphatic carbocycles. The zero-order valence-electron chi connectivity index (χ0n) is 19.9. The summed E-state index contributed by atoms with van der Waals surface area (Å²) < 4.78 is 11.4. The number of fused-ring (bicyclic) bond motifs is 1. The van der Waals surface area contributed by atoms with Gasteiger partial charge in [0.15, 0.2) is 10.6 Å². The second-order valence-electron chi connectivity index (χ2n) is 7.98.